The number of alkyl halides is 3. The highest BCUT2D eigenvalue weighted by Gasteiger charge is 2.20. The lowest BCUT2D eigenvalue weighted by molar-refractivity contribution is 0.657. The van der Waals surface area contributed by atoms with E-state index in [1.54, 1.807) is 0 Å². The summed E-state index contributed by atoms with van der Waals surface area (Å²) < 4.78 is -1.12. The molecule has 0 saturated heterocycles. The minimum absolute atomic E-state index is 0.197. The fraction of sp³-hybridized carbons (Fsp3) is 0.800. The van der Waals surface area contributed by atoms with E-state index in [1.165, 1.54) is 0 Å². The number of hydrogen-bond donors (Lipinski definition) is 0. The van der Waals surface area contributed by atoms with Crippen LogP contribution >= 0.6 is 34.8 Å². The number of hydrogen-bond acceptors (Lipinski definition) is 0. The molecule has 0 aromatic carbocycles. The van der Waals surface area contributed by atoms with Crippen LogP contribution in [0.3, 0.4) is 0 Å². The molecular weight excluding hydrogens is 166 g/mol. The van der Waals surface area contributed by atoms with Crippen molar-refractivity contribution in [3.63, 3.8) is 0 Å². The smallest absolute Gasteiger partial charge is 0.0837 e. The van der Waals surface area contributed by atoms with Gasteiger partial charge in [0.05, 0.1) is 0 Å². The van der Waals surface area contributed by atoms with Gasteiger partial charge in [-0.25, -0.2) is 0 Å². The molecule has 8 heavy (non-hydrogen) atoms. The van der Waals surface area contributed by atoms with Gasteiger partial charge in [0.15, 0.2) is 3.79 Å². The molecule has 3 heteroatoms. The third-order valence-corrected chi connectivity index (χ3v) is 1.04. The second kappa shape index (κ2) is 3.14. The molecule has 0 aliphatic rings. The normalized spacial score (nSPS) is 12.8. The van der Waals surface area contributed by atoms with E-state index in [4.69, 9.17) is 34.8 Å². The summed E-state index contributed by atoms with van der Waals surface area (Å²) in [6.07, 6.45) is 0.512. The van der Waals surface area contributed by atoms with Gasteiger partial charge in [-0.3, -0.25) is 0 Å². The maximum atomic E-state index is 5.42. The van der Waals surface area contributed by atoms with Crippen LogP contribution in [0.1, 0.15) is 13.3 Å². The molecule has 0 amide bonds. The van der Waals surface area contributed by atoms with Crippen LogP contribution in [0.15, 0.2) is 0 Å². The summed E-state index contributed by atoms with van der Waals surface area (Å²) in [6, 6.07) is 0. The zero-order valence-corrected chi connectivity index (χ0v) is 6.89. The molecule has 0 saturated carbocycles. The Labute approximate surface area is 65.1 Å². The van der Waals surface area contributed by atoms with Gasteiger partial charge in [0.1, 0.15) is 0 Å². The first-order valence-electron chi connectivity index (χ1n) is 2.31. The molecule has 1 unspecified atom stereocenters. The largest absolute Gasteiger partial charge is 0.190 e. The lowest BCUT2D eigenvalue weighted by Gasteiger charge is -2.11. The van der Waals surface area contributed by atoms with Crippen LogP contribution in [0.5, 0.6) is 0 Å². The summed E-state index contributed by atoms with van der Waals surface area (Å²) in [6.45, 7) is 5.58. The third kappa shape index (κ3) is 6.87. The molecule has 1 radical (unpaired) electrons. The van der Waals surface area contributed by atoms with E-state index in [2.05, 4.69) is 6.92 Å². The SMILES string of the molecule is [CH2]C(C)CC(Cl)(Cl)Cl. The Kier molecular flexibility index (Phi) is 3.49. The first-order chi connectivity index (χ1) is 3.42. The zero-order chi connectivity index (χ0) is 6.78. The van der Waals surface area contributed by atoms with Crippen LogP contribution in [0, 0.1) is 12.8 Å². The van der Waals surface area contributed by atoms with Crippen molar-refractivity contribution in [2.75, 3.05) is 0 Å². The van der Waals surface area contributed by atoms with Crippen LogP contribution in [-0.4, -0.2) is 3.79 Å². The monoisotopic (exact) mass is 173 g/mol. The Bertz CT molecular complexity index is 62.6. The predicted octanol–water partition coefficient (Wildman–Crippen LogP) is 3.22. The topological polar surface area (TPSA) is 0 Å². The minimum atomic E-state index is -1.12. The van der Waals surface area contributed by atoms with E-state index >= 15 is 0 Å². The van der Waals surface area contributed by atoms with E-state index in [1.807, 2.05) is 6.92 Å². The van der Waals surface area contributed by atoms with Crippen molar-refractivity contribution < 1.29 is 0 Å². The first-order valence-corrected chi connectivity index (χ1v) is 3.45. The standard InChI is InChI=1S/C5H8Cl3/c1-4(2)3-5(6,7)8/h4H,1,3H2,2H3. The zero-order valence-electron chi connectivity index (χ0n) is 4.63. The van der Waals surface area contributed by atoms with Gasteiger partial charge in [0, 0.05) is 0 Å². The molecule has 0 bridgehead atoms. The molecule has 0 aromatic heterocycles. The van der Waals surface area contributed by atoms with E-state index in [0.29, 0.717) is 6.42 Å². The first kappa shape index (κ1) is 8.87. The molecule has 0 heterocycles. The Morgan fingerprint density at radius 3 is 1.88 bits per heavy atom. The highest BCUT2D eigenvalue weighted by Crippen LogP contribution is 2.32. The minimum Gasteiger partial charge on any atom is -0.0837 e. The molecule has 49 valence electrons. The van der Waals surface area contributed by atoms with Crippen molar-refractivity contribution in [1.29, 1.82) is 0 Å². The Hall–Kier alpha value is 0.870. The predicted molar refractivity (Wildman–Crippen MR) is 39.4 cm³/mol. The molecule has 0 aromatic rings. The molecule has 0 aliphatic carbocycles. The van der Waals surface area contributed by atoms with Crippen molar-refractivity contribution in [3.05, 3.63) is 6.92 Å². The van der Waals surface area contributed by atoms with Crippen molar-refractivity contribution >= 4 is 34.8 Å². The van der Waals surface area contributed by atoms with Crippen molar-refractivity contribution in [1.82, 2.24) is 0 Å². The van der Waals surface area contributed by atoms with Gasteiger partial charge in [-0.05, 0) is 12.3 Å². The summed E-state index contributed by atoms with van der Waals surface area (Å²) in [7, 11) is 0. The van der Waals surface area contributed by atoms with Gasteiger partial charge in [-0.2, -0.15) is 0 Å². The molecule has 0 fully saturated rings. The highest BCUT2D eigenvalue weighted by molar-refractivity contribution is 6.67. The molecule has 0 nitrogen and oxygen atoms in total. The highest BCUT2D eigenvalue weighted by atomic mass is 35.6. The molecule has 0 aliphatic heterocycles. The fourth-order valence-electron chi connectivity index (χ4n) is 0.395. The van der Waals surface area contributed by atoms with E-state index in [-0.39, 0.29) is 5.92 Å². The Balaban J connectivity index is 3.39. The Morgan fingerprint density at radius 2 is 1.88 bits per heavy atom. The molecular formula is C5H8Cl3. The number of rotatable bonds is 1. The lowest BCUT2D eigenvalue weighted by Crippen LogP contribution is -2.05. The second-order valence-corrected chi connectivity index (χ2v) is 4.44. The summed E-state index contributed by atoms with van der Waals surface area (Å²) in [5.41, 5.74) is 0. The molecule has 1 atom stereocenters. The maximum Gasteiger partial charge on any atom is 0.190 e. The third-order valence-electron chi connectivity index (χ3n) is 0.580. The molecule has 0 N–H and O–H groups in total. The second-order valence-electron chi connectivity index (χ2n) is 1.92. The van der Waals surface area contributed by atoms with Gasteiger partial charge < -0.3 is 0 Å². The van der Waals surface area contributed by atoms with E-state index in [9.17, 15) is 0 Å². The lowest BCUT2D eigenvalue weighted by atomic mass is 10.2. The van der Waals surface area contributed by atoms with Crippen molar-refractivity contribution in [2.24, 2.45) is 5.92 Å². The van der Waals surface area contributed by atoms with Crippen LogP contribution < -0.4 is 0 Å². The Morgan fingerprint density at radius 1 is 1.50 bits per heavy atom. The quantitative estimate of drug-likeness (QED) is 0.536. The fourth-order valence-corrected chi connectivity index (χ4v) is 1.19. The van der Waals surface area contributed by atoms with Crippen molar-refractivity contribution in [3.8, 4) is 0 Å². The van der Waals surface area contributed by atoms with Crippen LogP contribution in [0.4, 0.5) is 0 Å². The number of halogens is 3. The summed E-state index contributed by atoms with van der Waals surface area (Å²) >= 11 is 16.3. The van der Waals surface area contributed by atoms with Gasteiger partial charge in [0.25, 0.3) is 0 Å². The molecule has 0 rings (SSSR count). The maximum absolute atomic E-state index is 5.42. The van der Waals surface area contributed by atoms with Crippen LogP contribution in [-0.2, 0) is 0 Å². The average Bonchev–Trinajstić information content (AvgIpc) is 1.21. The van der Waals surface area contributed by atoms with Gasteiger partial charge in [0.2, 0.25) is 0 Å². The summed E-state index contributed by atoms with van der Waals surface area (Å²) in [5.74, 6) is 0.197. The summed E-state index contributed by atoms with van der Waals surface area (Å²) in [5, 5.41) is 0. The van der Waals surface area contributed by atoms with Gasteiger partial charge in [-0.15, -0.1) is 0 Å². The molecule has 0 spiro atoms. The van der Waals surface area contributed by atoms with Crippen LogP contribution in [0.2, 0.25) is 0 Å². The van der Waals surface area contributed by atoms with E-state index in [0.717, 1.165) is 0 Å². The van der Waals surface area contributed by atoms with Gasteiger partial charge in [-0.1, -0.05) is 48.7 Å². The average molecular weight is 174 g/mol. The van der Waals surface area contributed by atoms with Crippen LogP contribution in [0.25, 0.3) is 0 Å². The van der Waals surface area contributed by atoms with Gasteiger partial charge >= 0.3 is 0 Å². The van der Waals surface area contributed by atoms with E-state index < -0.39 is 3.79 Å². The van der Waals surface area contributed by atoms with Crippen molar-refractivity contribution in [2.45, 2.75) is 17.1 Å². The summed E-state index contributed by atoms with van der Waals surface area (Å²) in [4.78, 5) is 0.